The van der Waals surface area contributed by atoms with Crippen LogP contribution >= 0.6 is 0 Å². The molecule has 2 aliphatic rings. The molecule has 144 valence electrons. The van der Waals surface area contributed by atoms with Crippen molar-refractivity contribution in [3.05, 3.63) is 10.4 Å². The van der Waals surface area contributed by atoms with Crippen molar-refractivity contribution in [1.82, 2.24) is 19.1 Å². The molecule has 2 fully saturated rings. The molecule has 1 aliphatic heterocycles. The van der Waals surface area contributed by atoms with Gasteiger partial charge < -0.3 is 9.64 Å². The van der Waals surface area contributed by atoms with Gasteiger partial charge in [0, 0.05) is 20.1 Å². The van der Waals surface area contributed by atoms with Crippen LogP contribution in [0.25, 0.3) is 11.2 Å². The molecule has 1 aliphatic carbocycles. The molecular weight excluding hydrogens is 342 g/mol. The third kappa shape index (κ3) is 3.41. The lowest BCUT2D eigenvalue weighted by atomic mass is 10.1. The van der Waals surface area contributed by atoms with E-state index >= 15 is 0 Å². The fourth-order valence-electron chi connectivity index (χ4n) is 4.03. The molecule has 7 nitrogen and oxygen atoms in total. The fourth-order valence-corrected chi connectivity index (χ4v) is 4.03. The summed E-state index contributed by atoms with van der Waals surface area (Å²) in [7, 11) is 1.72. The van der Waals surface area contributed by atoms with E-state index < -0.39 is 0 Å². The molecule has 2 aromatic heterocycles. The highest BCUT2D eigenvalue weighted by molar-refractivity contribution is 5.74. The lowest BCUT2D eigenvalue weighted by Gasteiger charge is -2.27. The van der Waals surface area contributed by atoms with Crippen LogP contribution in [0.2, 0.25) is 0 Å². The van der Waals surface area contributed by atoms with Crippen LogP contribution in [0, 0.1) is 11.8 Å². The van der Waals surface area contributed by atoms with Crippen molar-refractivity contribution in [1.29, 1.82) is 0 Å². The maximum atomic E-state index is 13.1. The molecule has 0 N–H and O–H groups in total. The number of fused-ring (bicyclic) bond motifs is 1. The maximum absolute atomic E-state index is 13.1. The van der Waals surface area contributed by atoms with Gasteiger partial charge in [-0.15, -0.1) is 5.92 Å². The van der Waals surface area contributed by atoms with E-state index in [0.717, 1.165) is 44.7 Å². The molecule has 7 heteroatoms. The van der Waals surface area contributed by atoms with E-state index in [9.17, 15) is 4.79 Å². The monoisotopic (exact) mass is 369 g/mol. The first kappa shape index (κ1) is 17.9. The first-order chi connectivity index (χ1) is 13.2. The predicted octanol–water partition coefficient (Wildman–Crippen LogP) is 2.47. The molecule has 1 saturated carbocycles. The van der Waals surface area contributed by atoms with E-state index in [1.165, 1.54) is 23.8 Å². The lowest BCUT2D eigenvalue weighted by Crippen LogP contribution is -2.32. The highest BCUT2D eigenvalue weighted by Crippen LogP contribution is 2.26. The Labute approximate surface area is 159 Å². The fraction of sp³-hybridized carbons (Fsp3) is 0.650. The van der Waals surface area contributed by atoms with Crippen molar-refractivity contribution in [3.8, 4) is 17.9 Å². The second kappa shape index (κ2) is 7.63. The summed E-state index contributed by atoms with van der Waals surface area (Å²) in [5.74, 6) is 6.81. The third-order valence-electron chi connectivity index (χ3n) is 5.55. The van der Waals surface area contributed by atoms with Gasteiger partial charge >= 0.3 is 6.01 Å². The molecule has 4 rings (SSSR count). The van der Waals surface area contributed by atoms with E-state index in [2.05, 4.69) is 21.7 Å². The molecule has 27 heavy (non-hydrogen) atoms. The van der Waals surface area contributed by atoms with Gasteiger partial charge in [-0.3, -0.25) is 13.9 Å². The van der Waals surface area contributed by atoms with Crippen LogP contribution in [0.1, 0.15) is 51.9 Å². The van der Waals surface area contributed by atoms with E-state index in [4.69, 9.17) is 9.72 Å². The average molecular weight is 369 g/mol. The molecular formula is C20H27N5O2. The van der Waals surface area contributed by atoms with Gasteiger partial charge in [0.05, 0.1) is 6.54 Å². The van der Waals surface area contributed by atoms with E-state index in [0.29, 0.717) is 23.7 Å². The number of ether oxygens (including phenoxy) is 1. The Hall–Kier alpha value is -2.49. The van der Waals surface area contributed by atoms with E-state index in [1.807, 2.05) is 11.5 Å². The Balaban J connectivity index is 1.81. The van der Waals surface area contributed by atoms with Crippen molar-refractivity contribution in [2.24, 2.45) is 7.05 Å². The Morgan fingerprint density at radius 1 is 1.11 bits per heavy atom. The Bertz CT molecular complexity index is 937. The van der Waals surface area contributed by atoms with Gasteiger partial charge in [-0.2, -0.15) is 9.97 Å². The quantitative estimate of drug-likeness (QED) is 0.775. The van der Waals surface area contributed by atoms with E-state index in [1.54, 1.807) is 7.05 Å². The summed E-state index contributed by atoms with van der Waals surface area (Å²) in [6, 6.07) is 0.371. The van der Waals surface area contributed by atoms with Crippen LogP contribution in [0.5, 0.6) is 6.01 Å². The maximum Gasteiger partial charge on any atom is 0.301 e. The summed E-state index contributed by atoms with van der Waals surface area (Å²) in [4.78, 5) is 24.7. The van der Waals surface area contributed by atoms with Crippen LogP contribution < -0.4 is 15.2 Å². The Morgan fingerprint density at radius 3 is 2.56 bits per heavy atom. The average Bonchev–Trinajstić information content (AvgIpc) is 3.32. The molecule has 2 aromatic rings. The van der Waals surface area contributed by atoms with Crippen molar-refractivity contribution in [2.75, 3.05) is 18.0 Å². The summed E-state index contributed by atoms with van der Waals surface area (Å²) in [5.41, 5.74) is 0.853. The van der Waals surface area contributed by atoms with Crippen LogP contribution in [0.3, 0.4) is 0 Å². The summed E-state index contributed by atoms with van der Waals surface area (Å²) in [6.07, 6.45) is 8.06. The molecule has 0 bridgehead atoms. The van der Waals surface area contributed by atoms with Gasteiger partial charge in [0.25, 0.3) is 5.56 Å². The largest absolute Gasteiger partial charge is 0.461 e. The van der Waals surface area contributed by atoms with E-state index in [-0.39, 0.29) is 11.7 Å². The van der Waals surface area contributed by atoms with Gasteiger partial charge in [0.1, 0.15) is 6.10 Å². The zero-order valence-corrected chi connectivity index (χ0v) is 16.2. The number of anilines is 1. The number of nitrogens with zero attached hydrogens (tertiary/aromatic N) is 5. The normalized spacial score (nSPS) is 17.9. The van der Waals surface area contributed by atoms with Crippen molar-refractivity contribution < 1.29 is 4.74 Å². The van der Waals surface area contributed by atoms with Gasteiger partial charge in [-0.05, 0) is 51.9 Å². The minimum absolute atomic E-state index is 0.123. The number of imidazole rings is 1. The standard InChI is InChI=1S/C20H27N5O2/c1-3-4-14-25-16-17(21-19(25)24-12-8-5-9-13-24)22-20(23(2)18(16)26)27-15-10-6-7-11-15/h15H,5-14H2,1-2H3. The smallest absolute Gasteiger partial charge is 0.301 e. The van der Waals surface area contributed by atoms with Crippen molar-refractivity contribution in [2.45, 2.75) is 64.5 Å². The van der Waals surface area contributed by atoms with Crippen molar-refractivity contribution >= 4 is 17.1 Å². The van der Waals surface area contributed by atoms with Crippen LogP contribution in [-0.2, 0) is 13.6 Å². The summed E-state index contributed by atoms with van der Waals surface area (Å²) >= 11 is 0. The molecule has 0 aromatic carbocycles. The van der Waals surface area contributed by atoms with Gasteiger partial charge in [0.15, 0.2) is 11.2 Å². The number of rotatable bonds is 4. The molecule has 1 saturated heterocycles. The zero-order chi connectivity index (χ0) is 18.8. The number of hydrogen-bond acceptors (Lipinski definition) is 5. The SMILES string of the molecule is CC#CCn1c(N2CCCCC2)nc2nc(OC3CCCC3)n(C)c(=O)c21. The number of hydrogen-bond donors (Lipinski definition) is 0. The third-order valence-corrected chi connectivity index (χ3v) is 5.55. The topological polar surface area (TPSA) is 65.2 Å². The van der Waals surface area contributed by atoms with Gasteiger partial charge in [-0.25, -0.2) is 0 Å². The second-order valence-corrected chi connectivity index (χ2v) is 7.43. The summed E-state index contributed by atoms with van der Waals surface area (Å²) in [5, 5.41) is 0. The molecule has 0 spiro atoms. The van der Waals surface area contributed by atoms with Gasteiger partial charge in [0.2, 0.25) is 5.95 Å². The first-order valence-electron chi connectivity index (χ1n) is 9.97. The molecule has 0 radical (unpaired) electrons. The van der Waals surface area contributed by atoms with Crippen molar-refractivity contribution in [3.63, 3.8) is 0 Å². The first-order valence-corrected chi connectivity index (χ1v) is 9.97. The minimum Gasteiger partial charge on any atom is -0.461 e. The van der Waals surface area contributed by atoms with Gasteiger partial charge in [-0.1, -0.05) is 5.92 Å². The molecule has 0 amide bonds. The minimum atomic E-state index is -0.123. The highest BCUT2D eigenvalue weighted by atomic mass is 16.5. The Morgan fingerprint density at radius 2 is 1.85 bits per heavy atom. The summed E-state index contributed by atoms with van der Waals surface area (Å²) < 4.78 is 9.47. The van der Waals surface area contributed by atoms with Crippen LogP contribution in [0.4, 0.5) is 5.95 Å². The zero-order valence-electron chi connectivity index (χ0n) is 16.2. The van der Waals surface area contributed by atoms with Crippen LogP contribution in [-0.4, -0.2) is 38.3 Å². The Kier molecular flexibility index (Phi) is 5.06. The highest BCUT2D eigenvalue weighted by Gasteiger charge is 2.25. The summed E-state index contributed by atoms with van der Waals surface area (Å²) in [6.45, 7) is 4.16. The second-order valence-electron chi connectivity index (χ2n) is 7.43. The number of piperidine rings is 1. The molecule has 0 atom stereocenters. The lowest BCUT2D eigenvalue weighted by molar-refractivity contribution is 0.183. The number of aromatic nitrogens is 4. The van der Waals surface area contributed by atoms with Crippen LogP contribution in [0.15, 0.2) is 4.79 Å². The molecule has 0 unspecified atom stereocenters. The predicted molar refractivity (Wildman–Crippen MR) is 105 cm³/mol. The molecule has 3 heterocycles.